The van der Waals surface area contributed by atoms with Crippen LogP contribution in [0, 0.1) is 41.4 Å². The molecule has 6 aliphatic heterocycles. The van der Waals surface area contributed by atoms with Crippen molar-refractivity contribution in [2.24, 2.45) is 41.4 Å². The van der Waals surface area contributed by atoms with Crippen LogP contribution in [-0.4, -0.2) is 314 Å². The highest BCUT2D eigenvalue weighted by molar-refractivity contribution is 5.83. The first-order valence-electron chi connectivity index (χ1n) is 37.6. The zero-order valence-corrected chi connectivity index (χ0v) is 67.1. The summed E-state index contributed by atoms with van der Waals surface area (Å²) in [5.41, 5.74) is -9.21. The van der Waals surface area contributed by atoms with Crippen molar-refractivity contribution >= 4 is 17.7 Å². The van der Waals surface area contributed by atoms with Gasteiger partial charge in [-0.1, -0.05) is 48.5 Å². The fourth-order valence-electron chi connectivity index (χ4n) is 17.1. The van der Waals surface area contributed by atoms with Crippen LogP contribution in [0.25, 0.3) is 0 Å². The fraction of sp³-hybridized carbons (Fsp3) is 0.960. The van der Waals surface area contributed by atoms with Crippen LogP contribution in [0.15, 0.2) is 0 Å². The molecule has 28 nitrogen and oxygen atoms in total. The van der Waals surface area contributed by atoms with E-state index >= 15 is 0 Å². The number of nitrogens with zero attached hydrogens (tertiary/aromatic N) is 3. The van der Waals surface area contributed by atoms with E-state index in [1.165, 1.54) is 41.9 Å². The molecule has 0 bridgehead atoms. The number of hydrogen-bond acceptors (Lipinski definition) is 28. The number of ether oxygens (including phenoxy) is 12. The van der Waals surface area contributed by atoms with E-state index in [0.717, 1.165) is 0 Å². The van der Waals surface area contributed by atoms with Crippen LogP contribution in [0.2, 0.25) is 0 Å². The van der Waals surface area contributed by atoms with Crippen LogP contribution < -0.4 is 0 Å². The number of esters is 2. The number of ketones is 1. The predicted molar refractivity (Wildman–Crippen MR) is 380 cm³/mol. The van der Waals surface area contributed by atoms with Gasteiger partial charge in [0.25, 0.3) is 0 Å². The standard InChI is InChI=1S/C38H72N2O12.C37H67NO13/c1-15-27-38(10,46)31(42)24(6)40(13)19-20(2)17-36(8,45)33(52-35-29(41)26(39(11)12)16-21(3)48-35)22(4)30(23(5)34(44)50-27)51-28-18-37(9,47-14)32(43)25(7)49-28;1-14-25-37(10,45)30(41)20(4)27(39)18(2)16-35(8,44)32(51-34-28(40)24(38(11)12)15-19(3)47-34)21(5)29(22(6)33(43)49-25)50-26-17-36(9,46-13)31(42)23(7)48-26/h20-33,35,41-43,45-46H,15-19H2,1-14H3;18-26,28-32,34,40-42,44-45H,14-17H2,1-13H3/t20-,21-,22+,23-,24-,25+,26+,27-,28+,29-,30+,31-,32+,33-,35+,36-,37-,38-;18-,19-,20+,21+,22-,23+,24+,25-,26+,28-,29+,30-,31+,32-,34+,35-,36-,37-/m11/s1. The van der Waals surface area contributed by atoms with Crippen molar-refractivity contribution in [2.75, 3.05) is 56.0 Å². The third-order valence-electron chi connectivity index (χ3n) is 24.0. The number of cyclic esters (lactones) is 2. The number of Topliss-reactive ketones (excluding diaryl/α,β-unsaturated/α-hetero) is 1. The Morgan fingerprint density at radius 3 is 1.20 bits per heavy atom. The number of aliphatic hydroxyl groups excluding tert-OH is 6. The molecule has 0 aliphatic carbocycles. The summed E-state index contributed by atoms with van der Waals surface area (Å²) in [7, 11) is 12.3. The van der Waals surface area contributed by atoms with E-state index in [2.05, 4.69) is 0 Å². The third-order valence-corrected chi connectivity index (χ3v) is 24.0. The second-order valence-corrected chi connectivity index (χ2v) is 33.6. The van der Waals surface area contributed by atoms with Gasteiger partial charge in [-0.25, -0.2) is 0 Å². The Balaban J connectivity index is 0.000000371. The van der Waals surface area contributed by atoms with Gasteiger partial charge in [-0.2, -0.15) is 0 Å². The third kappa shape index (κ3) is 21.2. The van der Waals surface area contributed by atoms with Gasteiger partial charge < -0.3 is 123 Å². The highest BCUT2D eigenvalue weighted by Gasteiger charge is 2.57. The molecule has 0 aromatic heterocycles. The average molecular weight is 1480 g/mol. The Hall–Kier alpha value is -2.31. The van der Waals surface area contributed by atoms with Crippen LogP contribution in [0.3, 0.4) is 0 Å². The summed E-state index contributed by atoms with van der Waals surface area (Å²) in [5.74, 6) is -7.56. The maximum absolute atomic E-state index is 14.2. The lowest BCUT2D eigenvalue weighted by atomic mass is 9.74. The maximum atomic E-state index is 14.2. The van der Waals surface area contributed by atoms with Crippen molar-refractivity contribution in [3.05, 3.63) is 0 Å². The van der Waals surface area contributed by atoms with Crippen LogP contribution in [-0.2, 0) is 71.2 Å². The Kier molecular flexibility index (Phi) is 32.5. The lowest BCUT2D eigenvalue weighted by Crippen LogP contribution is -2.61. The molecule has 0 aromatic rings. The minimum absolute atomic E-state index is 0.0936. The molecule has 0 aromatic carbocycles. The van der Waals surface area contributed by atoms with Crippen molar-refractivity contribution in [1.82, 2.24) is 14.7 Å². The van der Waals surface area contributed by atoms with E-state index in [1.807, 2.05) is 77.6 Å². The molecule has 6 saturated heterocycles. The summed E-state index contributed by atoms with van der Waals surface area (Å²) >= 11 is 0. The molecular formula is C75H139N3O25. The highest BCUT2D eigenvalue weighted by atomic mass is 16.7. The second kappa shape index (κ2) is 36.7. The van der Waals surface area contributed by atoms with Gasteiger partial charge in [-0.05, 0) is 170 Å². The molecule has 103 heavy (non-hydrogen) atoms. The van der Waals surface area contributed by atoms with Crippen LogP contribution in [0.4, 0.5) is 0 Å². The lowest BCUT2D eigenvalue weighted by molar-refractivity contribution is -0.318. The van der Waals surface area contributed by atoms with E-state index in [9.17, 15) is 65.4 Å². The molecule has 6 fully saturated rings. The van der Waals surface area contributed by atoms with Crippen LogP contribution >= 0.6 is 0 Å². The molecule has 10 N–H and O–H groups in total. The van der Waals surface area contributed by atoms with E-state index in [1.54, 1.807) is 83.1 Å². The molecule has 0 saturated carbocycles. The summed E-state index contributed by atoms with van der Waals surface area (Å²) < 4.78 is 74.6. The molecule has 0 amide bonds. The summed E-state index contributed by atoms with van der Waals surface area (Å²) in [5, 5.41) is 116. The molecular weight excluding hydrogens is 1340 g/mol. The van der Waals surface area contributed by atoms with Gasteiger partial charge in [0.15, 0.2) is 25.2 Å². The molecule has 28 heteroatoms. The number of carbonyl (C=O) groups is 3. The van der Waals surface area contributed by atoms with Gasteiger partial charge in [0.05, 0.1) is 89.2 Å². The largest absolute Gasteiger partial charge is 0.459 e. The van der Waals surface area contributed by atoms with E-state index in [0.29, 0.717) is 19.4 Å². The van der Waals surface area contributed by atoms with Gasteiger partial charge >= 0.3 is 11.9 Å². The lowest BCUT2D eigenvalue weighted by Gasteiger charge is -2.49. The number of carbonyl (C=O) groups excluding carboxylic acids is 3. The topological polar surface area (TPSA) is 374 Å². The van der Waals surface area contributed by atoms with Crippen molar-refractivity contribution in [3.63, 3.8) is 0 Å². The second-order valence-electron chi connectivity index (χ2n) is 33.6. The van der Waals surface area contributed by atoms with Gasteiger partial charge in [-0.15, -0.1) is 0 Å². The highest BCUT2D eigenvalue weighted by Crippen LogP contribution is 2.44. The first-order chi connectivity index (χ1) is 47.3. The zero-order chi connectivity index (χ0) is 78.6. The molecule has 604 valence electrons. The summed E-state index contributed by atoms with van der Waals surface area (Å²) in [6.07, 6.45) is -17.9. The van der Waals surface area contributed by atoms with E-state index < -0.39 is 203 Å². The number of hydrogen-bond donors (Lipinski definition) is 10. The molecule has 0 unspecified atom stereocenters. The van der Waals surface area contributed by atoms with Gasteiger partial charge in [-0.3, -0.25) is 14.4 Å². The summed E-state index contributed by atoms with van der Waals surface area (Å²) in [6.45, 7) is 34.4. The summed E-state index contributed by atoms with van der Waals surface area (Å²) in [4.78, 5) is 47.8. The molecule has 36 atom stereocenters. The Labute approximate surface area is 614 Å². The number of aliphatic hydroxyl groups is 10. The minimum Gasteiger partial charge on any atom is -0.459 e. The molecule has 6 aliphatic rings. The molecule has 0 spiro atoms. The van der Waals surface area contributed by atoms with E-state index in [-0.39, 0.29) is 68.7 Å². The molecule has 0 radical (unpaired) electrons. The van der Waals surface area contributed by atoms with Crippen molar-refractivity contribution in [1.29, 1.82) is 0 Å². The smallest absolute Gasteiger partial charge is 0.311 e. The molecule has 6 heterocycles. The van der Waals surface area contributed by atoms with Gasteiger partial charge in [0.2, 0.25) is 0 Å². The minimum atomic E-state index is -1.99. The molecule has 6 rings (SSSR count). The zero-order valence-electron chi connectivity index (χ0n) is 67.1. The SMILES string of the molecule is CC[C@H]1OC(=O)[C@H](C)[C@@H](O[C@H]2C[C@@](C)(OC)[C@@H](O)[C@H](C)O2)[C@H](C)[C@@H](O[C@@H]2O[C@H](C)C[C@H](N(C)C)[C@H]2O)[C@](C)(O)C[C@@H](C)C(=O)[C@H](C)[C@@H](O)[C@]1(C)O.CC[C@H]1OC(=O)[C@H](C)[C@@H](O[C@H]2C[C@@](C)(OC)[C@@H](O)[C@H](C)O2)[C@H](C)[C@@H](O[C@@H]2O[C@H](C)C[C@H](N(C)C)[C@H]2O)[C@](C)(O)C[C@@H](C)CN(C)[C@H](C)[C@@H](O)[C@]1(C)O. The number of likely N-dealkylation sites (N-methyl/N-ethyl adjacent to an activating group) is 3. The number of rotatable bonds is 14. The van der Waals surface area contributed by atoms with Gasteiger partial charge in [0, 0.05) is 75.4 Å². The van der Waals surface area contributed by atoms with Crippen molar-refractivity contribution in [2.45, 2.75) is 364 Å². The fourth-order valence-corrected chi connectivity index (χ4v) is 17.1. The first-order valence-corrected chi connectivity index (χ1v) is 37.6. The predicted octanol–water partition coefficient (Wildman–Crippen LogP) is 3.69. The van der Waals surface area contributed by atoms with Gasteiger partial charge in [0.1, 0.15) is 59.7 Å². The monoisotopic (exact) mass is 1480 g/mol. The van der Waals surface area contributed by atoms with Crippen LogP contribution in [0.5, 0.6) is 0 Å². The Morgan fingerprint density at radius 1 is 0.495 bits per heavy atom. The van der Waals surface area contributed by atoms with Crippen molar-refractivity contribution in [3.8, 4) is 0 Å². The quantitative estimate of drug-likeness (QED) is 0.111. The maximum Gasteiger partial charge on any atom is 0.311 e. The Morgan fingerprint density at radius 2 is 0.854 bits per heavy atom. The van der Waals surface area contributed by atoms with E-state index in [4.69, 9.17) is 56.8 Å². The average Bonchev–Trinajstić information content (AvgIpc) is 1.44. The van der Waals surface area contributed by atoms with Crippen molar-refractivity contribution < 1.29 is 122 Å². The summed E-state index contributed by atoms with van der Waals surface area (Å²) in [6, 6.07) is -1.13. The first kappa shape index (κ1) is 91.3. The Bertz CT molecular complexity index is 2660. The normalized spacial score (nSPS) is 49.7. The number of methoxy groups -OCH3 is 2. The van der Waals surface area contributed by atoms with Crippen LogP contribution in [0.1, 0.15) is 190 Å².